The highest BCUT2D eigenvalue weighted by atomic mass is 35.5. The fraction of sp³-hybridized carbons (Fsp3) is 0.176. The average molecular weight is 336 g/mol. The number of hydrogen-bond donors (Lipinski definition) is 3. The van der Waals surface area contributed by atoms with Crippen molar-refractivity contribution in [3.05, 3.63) is 70.7 Å². The van der Waals surface area contributed by atoms with Crippen molar-refractivity contribution in [2.24, 2.45) is 0 Å². The first kappa shape index (κ1) is 18.7. The van der Waals surface area contributed by atoms with Gasteiger partial charge in [0, 0.05) is 17.6 Å². The Kier molecular flexibility index (Phi) is 7.80. The molecule has 0 radical (unpaired) electrons. The molecule has 0 aromatic heterocycles. The van der Waals surface area contributed by atoms with E-state index in [1.54, 1.807) is 0 Å². The van der Waals surface area contributed by atoms with Crippen LogP contribution in [0.5, 0.6) is 0 Å². The second-order valence-electron chi connectivity index (χ2n) is 4.75. The van der Waals surface area contributed by atoms with Gasteiger partial charge < -0.3 is 15.5 Å². The number of carboxylic acids is 2. The summed E-state index contributed by atoms with van der Waals surface area (Å²) in [6.45, 7) is 3.00. The summed E-state index contributed by atoms with van der Waals surface area (Å²) in [4.78, 5) is 18.2. The summed E-state index contributed by atoms with van der Waals surface area (Å²) in [7, 11) is 0. The Morgan fingerprint density at radius 3 is 2.17 bits per heavy atom. The van der Waals surface area contributed by atoms with Gasteiger partial charge in [0.15, 0.2) is 0 Å². The van der Waals surface area contributed by atoms with Crippen molar-refractivity contribution in [2.75, 3.05) is 0 Å². The van der Waals surface area contributed by atoms with E-state index in [-0.39, 0.29) is 0 Å². The highest BCUT2D eigenvalue weighted by Gasteiger charge is 2.04. The predicted molar refractivity (Wildman–Crippen MR) is 88.4 cm³/mol. The van der Waals surface area contributed by atoms with Crippen LogP contribution in [0.2, 0.25) is 5.02 Å². The molecule has 2 rings (SSSR count). The summed E-state index contributed by atoms with van der Waals surface area (Å²) >= 11 is 5.95. The third kappa shape index (κ3) is 7.44. The molecule has 5 nitrogen and oxygen atoms in total. The van der Waals surface area contributed by atoms with Gasteiger partial charge in [0.05, 0.1) is 0 Å². The molecule has 0 spiro atoms. The second-order valence-corrected chi connectivity index (χ2v) is 5.19. The van der Waals surface area contributed by atoms with Gasteiger partial charge in [-0.15, -0.1) is 0 Å². The van der Waals surface area contributed by atoms with E-state index >= 15 is 0 Å². The zero-order valence-electron chi connectivity index (χ0n) is 12.6. The Labute approximate surface area is 139 Å². The van der Waals surface area contributed by atoms with Crippen LogP contribution in [-0.4, -0.2) is 22.2 Å². The number of nitrogens with one attached hydrogen (secondary N) is 1. The lowest BCUT2D eigenvalue weighted by Gasteiger charge is -2.14. The highest BCUT2D eigenvalue weighted by Crippen LogP contribution is 2.14. The maximum Gasteiger partial charge on any atom is 0.414 e. The fourth-order valence-electron chi connectivity index (χ4n) is 1.78. The fourth-order valence-corrected chi connectivity index (χ4v) is 1.99. The van der Waals surface area contributed by atoms with E-state index in [4.69, 9.17) is 31.4 Å². The molecule has 1 atom stereocenters. The molecule has 122 valence electrons. The average Bonchev–Trinajstić information content (AvgIpc) is 2.54. The van der Waals surface area contributed by atoms with Crippen molar-refractivity contribution in [3.8, 4) is 0 Å². The quantitative estimate of drug-likeness (QED) is 0.746. The summed E-state index contributed by atoms with van der Waals surface area (Å²) in [5.74, 6) is -3.65. The Hall–Kier alpha value is -2.37. The van der Waals surface area contributed by atoms with E-state index in [2.05, 4.69) is 42.6 Å². The number of rotatable bonds is 4. The van der Waals surface area contributed by atoms with Crippen molar-refractivity contribution in [1.82, 2.24) is 5.32 Å². The van der Waals surface area contributed by atoms with Crippen LogP contribution in [0, 0.1) is 0 Å². The molecule has 0 amide bonds. The van der Waals surface area contributed by atoms with Gasteiger partial charge in [-0.3, -0.25) is 0 Å². The zero-order valence-corrected chi connectivity index (χ0v) is 13.3. The number of hydrogen-bond acceptors (Lipinski definition) is 3. The van der Waals surface area contributed by atoms with Crippen LogP contribution in [0.1, 0.15) is 24.1 Å². The number of aliphatic carboxylic acids is 2. The molecule has 23 heavy (non-hydrogen) atoms. The molecular weight excluding hydrogens is 318 g/mol. The van der Waals surface area contributed by atoms with Gasteiger partial charge in [0.2, 0.25) is 0 Å². The zero-order chi connectivity index (χ0) is 17.2. The summed E-state index contributed by atoms with van der Waals surface area (Å²) < 4.78 is 0. The molecule has 6 heteroatoms. The van der Waals surface area contributed by atoms with Gasteiger partial charge in [-0.25, -0.2) is 9.59 Å². The topological polar surface area (TPSA) is 86.6 Å². The van der Waals surface area contributed by atoms with E-state index in [9.17, 15) is 0 Å². The minimum absolute atomic E-state index is 0.343. The van der Waals surface area contributed by atoms with Gasteiger partial charge in [-0.2, -0.15) is 0 Å². The lowest BCUT2D eigenvalue weighted by Crippen LogP contribution is -2.17. The molecule has 0 bridgehead atoms. The number of benzene rings is 2. The summed E-state index contributed by atoms with van der Waals surface area (Å²) in [6.07, 6.45) is 0. The Balaban J connectivity index is 0.000000379. The first-order chi connectivity index (χ1) is 10.9. The van der Waals surface area contributed by atoms with Gasteiger partial charge in [0.1, 0.15) is 0 Å². The molecule has 0 heterocycles. The van der Waals surface area contributed by atoms with Crippen LogP contribution in [0.3, 0.4) is 0 Å². The molecule has 0 aliphatic rings. The highest BCUT2D eigenvalue weighted by molar-refractivity contribution is 6.30. The molecule has 0 aliphatic heterocycles. The van der Waals surface area contributed by atoms with Crippen molar-refractivity contribution in [1.29, 1.82) is 0 Å². The third-order valence-electron chi connectivity index (χ3n) is 2.98. The van der Waals surface area contributed by atoms with Crippen LogP contribution < -0.4 is 5.32 Å². The summed E-state index contributed by atoms with van der Waals surface area (Å²) in [5, 5.41) is 19.1. The molecule has 0 fully saturated rings. The summed E-state index contributed by atoms with van der Waals surface area (Å²) in [5.41, 5.74) is 2.51. The first-order valence-corrected chi connectivity index (χ1v) is 7.27. The number of carbonyl (C=O) groups is 2. The predicted octanol–water partition coefficient (Wildman–Crippen LogP) is 3.35. The van der Waals surface area contributed by atoms with Crippen molar-refractivity contribution in [3.63, 3.8) is 0 Å². The minimum atomic E-state index is -1.82. The lowest BCUT2D eigenvalue weighted by atomic mass is 10.1. The van der Waals surface area contributed by atoms with Crippen LogP contribution in [0.15, 0.2) is 54.6 Å². The minimum Gasteiger partial charge on any atom is -0.473 e. The van der Waals surface area contributed by atoms with Crippen LogP contribution in [-0.2, 0) is 16.1 Å². The van der Waals surface area contributed by atoms with E-state index in [1.165, 1.54) is 11.1 Å². The third-order valence-corrected chi connectivity index (χ3v) is 3.22. The number of halogens is 1. The normalized spacial score (nSPS) is 11.0. The van der Waals surface area contributed by atoms with Gasteiger partial charge in [0.25, 0.3) is 0 Å². The van der Waals surface area contributed by atoms with Crippen LogP contribution in [0.25, 0.3) is 0 Å². The second kappa shape index (κ2) is 9.61. The SMILES string of the molecule is CC(NCc1cccc(Cl)c1)c1ccccc1.O=C(O)C(=O)O. The van der Waals surface area contributed by atoms with Crippen molar-refractivity contribution in [2.45, 2.75) is 19.5 Å². The Bertz CT molecular complexity index is 634. The summed E-state index contributed by atoms with van der Waals surface area (Å²) in [6, 6.07) is 18.7. The first-order valence-electron chi connectivity index (χ1n) is 6.89. The van der Waals surface area contributed by atoms with Crippen LogP contribution >= 0.6 is 11.6 Å². The maximum atomic E-state index is 9.10. The lowest BCUT2D eigenvalue weighted by molar-refractivity contribution is -0.159. The van der Waals surface area contributed by atoms with E-state index in [1.807, 2.05) is 24.3 Å². The molecule has 2 aromatic rings. The van der Waals surface area contributed by atoms with E-state index in [0.717, 1.165) is 11.6 Å². The van der Waals surface area contributed by atoms with E-state index < -0.39 is 11.9 Å². The number of carboxylic acid groups (broad SMARTS) is 2. The molecule has 0 saturated heterocycles. The monoisotopic (exact) mass is 335 g/mol. The Morgan fingerprint density at radius 2 is 1.65 bits per heavy atom. The van der Waals surface area contributed by atoms with Gasteiger partial charge >= 0.3 is 11.9 Å². The standard InChI is InChI=1S/C15H16ClN.C2H2O4/c1-12(14-7-3-2-4-8-14)17-11-13-6-5-9-15(16)10-13;3-1(4)2(5)6/h2-10,12,17H,11H2,1H3;(H,3,4)(H,5,6). The largest absolute Gasteiger partial charge is 0.473 e. The molecule has 2 aromatic carbocycles. The molecular formula is C17H18ClNO4. The van der Waals surface area contributed by atoms with Crippen molar-refractivity contribution < 1.29 is 19.8 Å². The van der Waals surface area contributed by atoms with Crippen molar-refractivity contribution >= 4 is 23.5 Å². The van der Waals surface area contributed by atoms with Gasteiger partial charge in [-0.1, -0.05) is 54.1 Å². The molecule has 3 N–H and O–H groups in total. The molecule has 0 aliphatic carbocycles. The smallest absolute Gasteiger partial charge is 0.414 e. The molecule has 0 saturated carbocycles. The Morgan fingerprint density at radius 1 is 1.04 bits per heavy atom. The van der Waals surface area contributed by atoms with E-state index in [0.29, 0.717) is 6.04 Å². The maximum absolute atomic E-state index is 9.10. The molecule has 1 unspecified atom stereocenters. The van der Waals surface area contributed by atoms with Gasteiger partial charge in [-0.05, 0) is 30.2 Å². The van der Waals surface area contributed by atoms with Crippen LogP contribution in [0.4, 0.5) is 0 Å².